The van der Waals surface area contributed by atoms with E-state index in [1.54, 1.807) is 0 Å². The molecule has 9 rings (SSSR count). The molecule has 65 heavy (non-hydrogen) atoms. The molecule has 0 atom stereocenters. The molecule has 332 valence electrons. The Morgan fingerprint density at radius 1 is 0.554 bits per heavy atom. The summed E-state index contributed by atoms with van der Waals surface area (Å²) in [6, 6.07) is 57.1. The van der Waals surface area contributed by atoms with Gasteiger partial charge in [-0.3, -0.25) is 0 Å². The summed E-state index contributed by atoms with van der Waals surface area (Å²) < 4.78 is 9.11. The fourth-order valence-corrected chi connectivity index (χ4v) is 9.11. The average Bonchev–Trinajstić information content (AvgIpc) is 3.81. The molecule has 0 aliphatic carbocycles. The first-order valence-electron chi connectivity index (χ1n) is 23.0. The summed E-state index contributed by atoms with van der Waals surface area (Å²) in [6.07, 6.45) is 0. The number of nitrogens with zero attached hydrogens (tertiary/aromatic N) is 3. The van der Waals surface area contributed by atoms with Crippen LogP contribution in [0.1, 0.15) is 129 Å². The fourth-order valence-electron chi connectivity index (χ4n) is 9.11. The molecule has 0 saturated carbocycles. The number of fused-ring (bicyclic) bond motifs is 4. The predicted molar refractivity (Wildman–Crippen MR) is 270 cm³/mol. The topological polar surface area (TPSA) is 20.6 Å². The molecule has 0 unspecified atom stereocenters. The third kappa shape index (κ3) is 8.80. The van der Waals surface area contributed by atoms with Gasteiger partial charge in [0.1, 0.15) is 0 Å². The summed E-state index contributed by atoms with van der Waals surface area (Å²) in [5.74, 6) is 2.51. The Hall–Kier alpha value is -5.57. The Morgan fingerprint density at radius 2 is 1.20 bits per heavy atom. The Morgan fingerprint density at radius 3 is 1.86 bits per heavy atom. The number of hydrogen-bond acceptors (Lipinski definition) is 3. The maximum absolute atomic E-state index is 6.85. The van der Waals surface area contributed by atoms with Crippen molar-refractivity contribution in [2.45, 2.75) is 112 Å². The van der Waals surface area contributed by atoms with Gasteiger partial charge in [-0.15, -0.1) is 59.7 Å². The second-order valence-corrected chi connectivity index (χ2v) is 20.6. The zero-order valence-corrected chi connectivity index (χ0v) is 42.3. The van der Waals surface area contributed by atoms with Crippen LogP contribution in [0, 0.1) is 24.9 Å². The number of benzene rings is 7. The Bertz CT molecular complexity index is 3000. The Balaban J connectivity index is 0.00000576. The minimum atomic E-state index is -0.156. The fraction of sp³-hybridized carbons (Fsp3) is 0.283. The van der Waals surface area contributed by atoms with Gasteiger partial charge in [0.25, 0.3) is 0 Å². The standard InChI is InChI=1S/C60H61N3O.Pt/c1-38(2)42-30-52(39(3)4)58(53(31-42)40(5)6)41-19-17-21-45(29-41)61-37-62(56-26-16-15-25-55(56)61)47-33-44(60(10,11)12)34-49(35-47)64-48-27-28-51-50-23-13-14-24-54(50)63(57(51)36-48)46-22-18-20-43(32-46)59(7,8)9;/h13-21,23-34,37-40H,1-12H3;/q-4;+4. The number of rotatable bonds is 9. The number of hydrogen-bond donors (Lipinski definition) is 0. The average molecular weight is 1040 g/mol. The van der Waals surface area contributed by atoms with E-state index in [4.69, 9.17) is 4.74 Å². The van der Waals surface area contributed by atoms with E-state index < -0.39 is 0 Å². The van der Waals surface area contributed by atoms with Crippen molar-refractivity contribution in [2.75, 3.05) is 9.80 Å². The smallest absolute Gasteiger partial charge is 0.509 e. The molecular formula is C60H61N3OPt. The zero-order valence-electron chi connectivity index (χ0n) is 40.0. The van der Waals surface area contributed by atoms with E-state index in [-0.39, 0.29) is 31.9 Å². The van der Waals surface area contributed by atoms with E-state index >= 15 is 0 Å². The third-order valence-corrected chi connectivity index (χ3v) is 12.8. The van der Waals surface area contributed by atoms with Crippen LogP contribution in [-0.4, -0.2) is 4.57 Å². The van der Waals surface area contributed by atoms with Gasteiger partial charge < -0.3 is 19.1 Å². The monoisotopic (exact) mass is 1030 g/mol. The van der Waals surface area contributed by atoms with Crippen LogP contribution < -0.4 is 14.5 Å². The van der Waals surface area contributed by atoms with Gasteiger partial charge in [-0.1, -0.05) is 149 Å². The molecule has 0 saturated heterocycles. The summed E-state index contributed by atoms with van der Waals surface area (Å²) in [4.78, 5) is 4.57. The molecule has 0 spiro atoms. The summed E-state index contributed by atoms with van der Waals surface area (Å²) in [6.45, 7) is 29.6. The van der Waals surface area contributed by atoms with E-state index in [0.717, 1.165) is 50.4 Å². The predicted octanol–water partition coefficient (Wildman–Crippen LogP) is 17.0. The third-order valence-electron chi connectivity index (χ3n) is 12.8. The molecule has 0 N–H and O–H groups in total. The largest absolute Gasteiger partial charge is 4.00 e. The van der Waals surface area contributed by atoms with E-state index in [2.05, 4.69) is 238 Å². The van der Waals surface area contributed by atoms with Crippen LogP contribution in [0.15, 0.2) is 127 Å². The zero-order chi connectivity index (χ0) is 45.2. The van der Waals surface area contributed by atoms with E-state index in [9.17, 15) is 0 Å². The van der Waals surface area contributed by atoms with Crippen molar-refractivity contribution in [2.24, 2.45) is 0 Å². The van der Waals surface area contributed by atoms with Crippen LogP contribution >= 0.6 is 0 Å². The molecule has 0 amide bonds. The van der Waals surface area contributed by atoms with Gasteiger partial charge in [0.05, 0.1) is 0 Å². The molecule has 0 fully saturated rings. The maximum Gasteiger partial charge on any atom is 4.00 e. The van der Waals surface area contributed by atoms with Crippen LogP contribution in [0.2, 0.25) is 0 Å². The number of para-hydroxylation sites is 3. The summed E-state index contributed by atoms with van der Waals surface area (Å²) in [7, 11) is 0. The number of anilines is 4. The number of ether oxygens (including phenoxy) is 1. The van der Waals surface area contributed by atoms with Crippen molar-refractivity contribution in [1.29, 1.82) is 0 Å². The second-order valence-electron chi connectivity index (χ2n) is 20.6. The molecule has 1 aliphatic rings. The van der Waals surface area contributed by atoms with Gasteiger partial charge in [-0.2, -0.15) is 29.8 Å². The molecule has 0 radical (unpaired) electrons. The van der Waals surface area contributed by atoms with Crippen LogP contribution in [0.25, 0.3) is 38.6 Å². The molecule has 1 aromatic heterocycles. The Kier molecular flexibility index (Phi) is 12.5. The Labute approximate surface area is 402 Å². The first-order valence-corrected chi connectivity index (χ1v) is 23.0. The van der Waals surface area contributed by atoms with Crippen LogP contribution in [0.3, 0.4) is 0 Å². The van der Waals surface area contributed by atoms with Crippen molar-refractivity contribution in [3.8, 4) is 28.3 Å². The first kappa shape index (κ1) is 46.0. The molecular weight excluding hydrogens is 974 g/mol. The molecule has 7 aromatic carbocycles. The van der Waals surface area contributed by atoms with Gasteiger partial charge in [0, 0.05) is 34.1 Å². The second kappa shape index (κ2) is 17.7. The molecule has 0 bridgehead atoms. The molecule has 1 aliphatic heterocycles. The maximum atomic E-state index is 6.85. The molecule has 4 nitrogen and oxygen atoms in total. The van der Waals surface area contributed by atoms with Gasteiger partial charge in [0.2, 0.25) is 0 Å². The van der Waals surface area contributed by atoms with Crippen LogP contribution in [0.5, 0.6) is 11.5 Å². The minimum Gasteiger partial charge on any atom is -0.509 e. The summed E-state index contributed by atoms with van der Waals surface area (Å²) >= 11 is 0. The quantitative estimate of drug-likeness (QED) is 0.134. The molecule has 8 aromatic rings. The first-order chi connectivity index (χ1) is 30.5. The van der Waals surface area contributed by atoms with E-state index in [0.29, 0.717) is 29.3 Å². The van der Waals surface area contributed by atoms with E-state index in [1.807, 2.05) is 12.1 Å². The summed E-state index contributed by atoms with van der Waals surface area (Å²) in [5, 5.41) is 2.29. The SMILES string of the molecule is CC(C)c1cc(C(C)C)c(-c2cccc(N3[CH-]N(c4[c-]c(Oc5[c-]c6c(cc5)c5ccccc5n6-c5[c-]ccc(C(C)(C)C)c5)cc(C(C)(C)C)c4)c4ccccc43)c2)c(C(C)C)c1.[Pt+4]. The van der Waals surface area contributed by atoms with Gasteiger partial charge >= 0.3 is 21.1 Å². The summed E-state index contributed by atoms with van der Waals surface area (Å²) in [5.41, 5.74) is 16.3. The van der Waals surface area contributed by atoms with E-state index in [1.165, 1.54) is 38.8 Å². The van der Waals surface area contributed by atoms with Crippen molar-refractivity contribution in [3.63, 3.8) is 0 Å². The van der Waals surface area contributed by atoms with Crippen molar-refractivity contribution in [1.82, 2.24) is 4.57 Å². The van der Waals surface area contributed by atoms with Crippen molar-refractivity contribution in [3.05, 3.63) is 180 Å². The van der Waals surface area contributed by atoms with Gasteiger partial charge in [-0.05, 0) is 92.1 Å². The molecule has 5 heteroatoms. The molecule has 2 heterocycles. The van der Waals surface area contributed by atoms with Crippen LogP contribution in [0.4, 0.5) is 22.7 Å². The van der Waals surface area contributed by atoms with Gasteiger partial charge in [0.15, 0.2) is 0 Å². The van der Waals surface area contributed by atoms with Crippen molar-refractivity contribution < 1.29 is 25.8 Å². The minimum absolute atomic E-state index is 0. The normalized spacial score (nSPS) is 13.1. The van der Waals surface area contributed by atoms with Crippen LogP contribution in [-0.2, 0) is 31.9 Å². The van der Waals surface area contributed by atoms with Crippen molar-refractivity contribution >= 4 is 44.6 Å². The number of aromatic nitrogens is 1. The van der Waals surface area contributed by atoms with Gasteiger partial charge in [-0.25, -0.2) is 0 Å².